The Morgan fingerprint density at radius 3 is 2.42 bits per heavy atom. The second kappa shape index (κ2) is 11.0. The number of nitrogens with zero attached hydrogens (tertiary/aromatic N) is 1. The van der Waals surface area contributed by atoms with Crippen LogP contribution in [0, 0.1) is 11.3 Å². The lowest BCUT2D eigenvalue weighted by molar-refractivity contribution is -0.139. The third kappa shape index (κ3) is 6.61. The highest BCUT2D eigenvalue weighted by Crippen LogP contribution is 2.29. The summed E-state index contributed by atoms with van der Waals surface area (Å²) in [6.07, 6.45) is 1.35. The minimum absolute atomic E-state index is 0.171. The molecule has 2 N–H and O–H groups in total. The van der Waals surface area contributed by atoms with E-state index in [4.69, 9.17) is 19.3 Å². The Balaban J connectivity index is 2.15. The molecule has 0 radical (unpaired) electrons. The first-order valence-electron chi connectivity index (χ1n) is 9.10. The predicted octanol–water partition coefficient (Wildman–Crippen LogP) is 2.88. The monoisotopic (exact) mass is 424 g/mol. The van der Waals surface area contributed by atoms with E-state index >= 15 is 0 Å². The van der Waals surface area contributed by atoms with Gasteiger partial charge in [-0.05, 0) is 55.0 Å². The number of rotatable bonds is 9. The molecule has 2 aromatic carbocycles. The summed E-state index contributed by atoms with van der Waals surface area (Å²) in [6.45, 7) is 1.42. The molecule has 0 bridgehead atoms. The number of esters is 1. The van der Waals surface area contributed by atoms with E-state index in [1.807, 2.05) is 6.07 Å². The first-order chi connectivity index (χ1) is 14.9. The predicted molar refractivity (Wildman–Crippen MR) is 111 cm³/mol. The van der Waals surface area contributed by atoms with Gasteiger partial charge < -0.3 is 24.6 Å². The van der Waals surface area contributed by atoms with Gasteiger partial charge in [0.2, 0.25) is 0 Å². The maximum absolute atomic E-state index is 12.5. The molecule has 2 rings (SSSR count). The number of carbonyl (C=O) groups is 3. The van der Waals surface area contributed by atoms with E-state index in [-0.39, 0.29) is 23.7 Å². The van der Waals surface area contributed by atoms with Crippen molar-refractivity contribution in [3.05, 3.63) is 59.2 Å². The summed E-state index contributed by atoms with van der Waals surface area (Å²) in [6, 6.07) is 12.4. The van der Waals surface area contributed by atoms with Crippen molar-refractivity contribution in [2.75, 3.05) is 25.6 Å². The van der Waals surface area contributed by atoms with Crippen LogP contribution in [-0.2, 0) is 14.3 Å². The van der Waals surface area contributed by atoms with Gasteiger partial charge in [0.1, 0.15) is 11.6 Å². The number of hydrogen-bond donors (Lipinski definition) is 2. The average Bonchev–Trinajstić information content (AvgIpc) is 2.76. The fourth-order valence-electron chi connectivity index (χ4n) is 2.45. The van der Waals surface area contributed by atoms with Gasteiger partial charge in [-0.25, -0.2) is 9.59 Å². The number of ether oxygens (including phenoxy) is 3. The largest absolute Gasteiger partial charge is 0.493 e. The van der Waals surface area contributed by atoms with Crippen LogP contribution in [0.15, 0.2) is 48.0 Å². The summed E-state index contributed by atoms with van der Waals surface area (Å²) in [5.74, 6) is -1.78. The summed E-state index contributed by atoms with van der Waals surface area (Å²) in [7, 11) is 1.38. The zero-order chi connectivity index (χ0) is 22.8. The number of nitrogens with one attached hydrogen (secondary N) is 1. The molecule has 160 valence electrons. The van der Waals surface area contributed by atoms with Gasteiger partial charge in [-0.2, -0.15) is 5.26 Å². The Morgan fingerprint density at radius 1 is 1.13 bits per heavy atom. The van der Waals surface area contributed by atoms with Gasteiger partial charge >= 0.3 is 11.9 Å². The van der Waals surface area contributed by atoms with E-state index in [0.29, 0.717) is 16.8 Å². The van der Waals surface area contributed by atoms with Crippen LogP contribution in [0.25, 0.3) is 6.08 Å². The third-order valence-corrected chi connectivity index (χ3v) is 3.87. The smallest absolute Gasteiger partial charge is 0.341 e. The Hall–Kier alpha value is -4.32. The van der Waals surface area contributed by atoms with Crippen LogP contribution in [0.4, 0.5) is 5.69 Å². The number of anilines is 1. The van der Waals surface area contributed by atoms with E-state index in [1.165, 1.54) is 49.6 Å². The SMILES string of the molecule is CCOC(=O)c1ccc(NC(=O)/C(C#N)=C/c2ccc(OCC(=O)O)c(OC)c2)cc1. The first kappa shape index (κ1) is 23.0. The van der Waals surface area contributed by atoms with Crippen LogP contribution >= 0.6 is 0 Å². The van der Waals surface area contributed by atoms with Crippen molar-refractivity contribution in [1.29, 1.82) is 5.26 Å². The zero-order valence-electron chi connectivity index (χ0n) is 16.9. The van der Waals surface area contributed by atoms with Crippen LogP contribution in [0.5, 0.6) is 11.5 Å². The fraction of sp³-hybridized carbons (Fsp3) is 0.182. The standard InChI is InChI=1S/C22H20N2O7/c1-3-30-22(28)15-5-7-17(8-6-15)24-21(27)16(12-23)10-14-4-9-18(19(11-14)29-2)31-13-20(25)26/h4-11H,3,13H2,1-2H3,(H,24,27)(H,25,26)/b16-10+. The Bertz CT molecular complexity index is 1040. The maximum atomic E-state index is 12.5. The lowest BCUT2D eigenvalue weighted by Gasteiger charge is -2.10. The topological polar surface area (TPSA) is 135 Å². The number of benzene rings is 2. The molecule has 0 fully saturated rings. The van der Waals surface area contributed by atoms with Crippen LogP contribution in [0.3, 0.4) is 0 Å². The molecular weight excluding hydrogens is 404 g/mol. The number of nitriles is 1. The molecule has 1 amide bonds. The van der Waals surface area contributed by atoms with E-state index in [1.54, 1.807) is 13.0 Å². The lowest BCUT2D eigenvalue weighted by Crippen LogP contribution is -2.13. The quantitative estimate of drug-likeness (QED) is 0.356. The minimum Gasteiger partial charge on any atom is -0.493 e. The fourth-order valence-corrected chi connectivity index (χ4v) is 2.45. The number of amides is 1. The molecule has 0 aliphatic rings. The number of aliphatic carboxylic acids is 1. The van der Waals surface area contributed by atoms with E-state index in [2.05, 4.69) is 5.32 Å². The Labute approximate surface area is 178 Å². The van der Waals surface area contributed by atoms with Crippen molar-refractivity contribution in [2.45, 2.75) is 6.92 Å². The van der Waals surface area contributed by atoms with Gasteiger partial charge in [-0.1, -0.05) is 6.07 Å². The van der Waals surface area contributed by atoms with E-state index in [9.17, 15) is 19.6 Å². The zero-order valence-corrected chi connectivity index (χ0v) is 16.9. The average molecular weight is 424 g/mol. The highest BCUT2D eigenvalue weighted by molar-refractivity contribution is 6.09. The van der Waals surface area contributed by atoms with Crippen molar-refractivity contribution < 1.29 is 33.7 Å². The Kier molecular flexibility index (Phi) is 8.16. The van der Waals surface area contributed by atoms with Gasteiger partial charge in [-0.3, -0.25) is 4.79 Å². The van der Waals surface area contributed by atoms with Crippen LogP contribution in [0.2, 0.25) is 0 Å². The molecule has 31 heavy (non-hydrogen) atoms. The summed E-state index contributed by atoms with van der Waals surface area (Å²) in [4.78, 5) is 34.8. The van der Waals surface area contributed by atoms with Crippen molar-refractivity contribution in [2.24, 2.45) is 0 Å². The summed E-state index contributed by atoms with van der Waals surface area (Å²) in [5, 5.41) is 20.7. The second-order valence-electron chi connectivity index (χ2n) is 6.01. The molecule has 0 spiro atoms. The van der Waals surface area contributed by atoms with Crippen LogP contribution in [-0.4, -0.2) is 43.3 Å². The van der Waals surface area contributed by atoms with Crippen LogP contribution in [0.1, 0.15) is 22.8 Å². The lowest BCUT2D eigenvalue weighted by atomic mass is 10.1. The number of carbonyl (C=O) groups excluding carboxylic acids is 2. The summed E-state index contributed by atoms with van der Waals surface area (Å²) in [5.41, 5.74) is 1.04. The van der Waals surface area contributed by atoms with Gasteiger partial charge in [0.15, 0.2) is 18.1 Å². The third-order valence-electron chi connectivity index (χ3n) is 3.87. The highest BCUT2D eigenvalue weighted by Gasteiger charge is 2.13. The van der Waals surface area contributed by atoms with Crippen LogP contribution < -0.4 is 14.8 Å². The molecule has 0 saturated carbocycles. The first-order valence-corrected chi connectivity index (χ1v) is 9.10. The van der Waals surface area contributed by atoms with E-state index < -0.39 is 24.5 Å². The molecule has 0 heterocycles. The highest BCUT2D eigenvalue weighted by atomic mass is 16.5. The molecule has 9 heteroatoms. The molecule has 2 aromatic rings. The minimum atomic E-state index is -1.13. The van der Waals surface area contributed by atoms with Crippen molar-refractivity contribution in [3.8, 4) is 17.6 Å². The maximum Gasteiger partial charge on any atom is 0.341 e. The number of carboxylic acids is 1. The number of hydrogen-bond acceptors (Lipinski definition) is 7. The van der Waals surface area contributed by atoms with E-state index in [0.717, 1.165) is 0 Å². The summed E-state index contributed by atoms with van der Waals surface area (Å²) >= 11 is 0. The molecular formula is C22H20N2O7. The molecule has 0 atom stereocenters. The normalized spacial score (nSPS) is 10.5. The van der Waals surface area contributed by atoms with Gasteiger partial charge in [0.25, 0.3) is 5.91 Å². The number of carboxylic acid groups (broad SMARTS) is 1. The van der Waals surface area contributed by atoms with Gasteiger partial charge in [0.05, 0.1) is 19.3 Å². The molecule has 0 saturated heterocycles. The summed E-state index contributed by atoms with van der Waals surface area (Å²) < 4.78 is 15.2. The second-order valence-corrected chi connectivity index (χ2v) is 6.01. The van der Waals surface area contributed by atoms with Gasteiger partial charge in [-0.15, -0.1) is 0 Å². The van der Waals surface area contributed by atoms with Crippen molar-refractivity contribution in [3.63, 3.8) is 0 Å². The molecule has 0 aromatic heterocycles. The molecule has 9 nitrogen and oxygen atoms in total. The number of methoxy groups -OCH3 is 1. The Morgan fingerprint density at radius 2 is 1.84 bits per heavy atom. The van der Waals surface area contributed by atoms with Gasteiger partial charge in [0, 0.05) is 5.69 Å². The molecule has 0 unspecified atom stereocenters. The van der Waals surface area contributed by atoms with Crippen molar-refractivity contribution >= 4 is 29.6 Å². The molecule has 0 aliphatic heterocycles. The molecule has 0 aliphatic carbocycles. The van der Waals surface area contributed by atoms with Crippen molar-refractivity contribution in [1.82, 2.24) is 0 Å².